The fraction of sp³-hybridized carbons (Fsp3) is 0.308. The van der Waals surface area contributed by atoms with Crippen LogP contribution in [-0.4, -0.2) is 35.1 Å². The molecule has 0 bridgehead atoms. The van der Waals surface area contributed by atoms with E-state index in [0.717, 1.165) is 5.56 Å². The third-order valence-electron chi connectivity index (χ3n) is 2.54. The Morgan fingerprint density at radius 2 is 2.12 bits per heavy atom. The lowest BCUT2D eigenvalue weighted by Gasteiger charge is -2.10. The molecule has 0 aromatic heterocycles. The maximum absolute atomic E-state index is 11.6. The van der Waals surface area contributed by atoms with Gasteiger partial charge in [-0.1, -0.05) is 24.1 Å². The molecule has 82 valence electrons. The summed E-state index contributed by atoms with van der Waals surface area (Å²) in [5.74, 6) is 5.19. The highest BCUT2D eigenvalue weighted by Crippen LogP contribution is 2.08. The summed E-state index contributed by atoms with van der Waals surface area (Å²) in [7, 11) is 0. The number of carbonyl (C=O) groups excluding carboxylic acids is 1. The van der Waals surface area contributed by atoms with Crippen molar-refractivity contribution in [2.24, 2.45) is 0 Å². The molecule has 2 rings (SSSR count). The molecule has 1 heterocycles. The molecule has 0 aliphatic carbocycles. The quantitative estimate of drug-likeness (QED) is 0.645. The van der Waals surface area contributed by atoms with E-state index in [-0.39, 0.29) is 12.0 Å². The Hall–Kier alpha value is -1.79. The number of likely N-dealkylation sites (tertiary alicyclic amines) is 1. The zero-order valence-electron chi connectivity index (χ0n) is 8.89. The number of aliphatic hydroxyl groups is 1. The minimum absolute atomic E-state index is 0.208. The number of hydrogen-bond acceptors (Lipinski definition) is 2. The van der Waals surface area contributed by atoms with Crippen molar-refractivity contribution >= 4 is 5.91 Å². The van der Waals surface area contributed by atoms with Crippen LogP contribution in [0.25, 0.3) is 0 Å². The van der Waals surface area contributed by atoms with Crippen LogP contribution >= 0.6 is 0 Å². The summed E-state index contributed by atoms with van der Waals surface area (Å²) < 4.78 is 0. The van der Waals surface area contributed by atoms with Crippen LogP contribution in [0.4, 0.5) is 0 Å². The highest BCUT2D eigenvalue weighted by Gasteiger charge is 2.23. The zero-order valence-corrected chi connectivity index (χ0v) is 8.89. The highest BCUT2D eigenvalue weighted by molar-refractivity contribution is 5.94. The summed E-state index contributed by atoms with van der Waals surface area (Å²) in [5, 5.41) is 9.29. The fourth-order valence-electron chi connectivity index (χ4n) is 1.65. The Morgan fingerprint density at radius 3 is 2.75 bits per heavy atom. The predicted molar refractivity (Wildman–Crippen MR) is 60.5 cm³/mol. The molecule has 1 fully saturated rings. The normalized spacial score (nSPS) is 19.1. The van der Waals surface area contributed by atoms with E-state index in [0.29, 0.717) is 19.5 Å². The van der Waals surface area contributed by atoms with Crippen molar-refractivity contribution < 1.29 is 9.90 Å². The molecule has 1 saturated heterocycles. The number of carbonyl (C=O) groups is 1. The summed E-state index contributed by atoms with van der Waals surface area (Å²) in [4.78, 5) is 13.2. The lowest BCUT2D eigenvalue weighted by atomic mass is 10.2. The zero-order chi connectivity index (χ0) is 11.4. The predicted octanol–water partition coefficient (Wildman–Crippen LogP) is 0.631. The number of hydrogen-bond donors (Lipinski definition) is 1. The van der Waals surface area contributed by atoms with Crippen molar-refractivity contribution in [1.29, 1.82) is 0 Å². The molecule has 3 heteroatoms. The highest BCUT2D eigenvalue weighted by atomic mass is 16.3. The van der Waals surface area contributed by atoms with Crippen LogP contribution in [-0.2, 0) is 4.79 Å². The van der Waals surface area contributed by atoms with Gasteiger partial charge in [-0.05, 0) is 18.6 Å². The summed E-state index contributed by atoms with van der Waals surface area (Å²) >= 11 is 0. The van der Waals surface area contributed by atoms with E-state index in [9.17, 15) is 9.90 Å². The Kier molecular flexibility index (Phi) is 3.23. The van der Waals surface area contributed by atoms with E-state index in [2.05, 4.69) is 11.8 Å². The number of aliphatic hydroxyl groups excluding tert-OH is 1. The van der Waals surface area contributed by atoms with Crippen molar-refractivity contribution in [3.63, 3.8) is 0 Å². The Bertz CT molecular complexity index is 430. The third-order valence-corrected chi connectivity index (χ3v) is 2.54. The Balaban J connectivity index is 2.00. The summed E-state index contributed by atoms with van der Waals surface area (Å²) in [6, 6.07) is 9.39. The topological polar surface area (TPSA) is 40.5 Å². The van der Waals surface area contributed by atoms with Gasteiger partial charge < -0.3 is 10.0 Å². The largest absolute Gasteiger partial charge is 0.391 e. The van der Waals surface area contributed by atoms with Gasteiger partial charge in [0.15, 0.2) is 0 Å². The number of nitrogens with zero attached hydrogens (tertiary/aromatic N) is 1. The molecule has 1 aliphatic heterocycles. The van der Waals surface area contributed by atoms with Gasteiger partial charge in [0, 0.05) is 24.6 Å². The molecule has 1 N–H and O–H groups in total. The van der Waals surface area contributed by atoms with Crippen molar-refractivity contribution in [2.45, 2.75) is 12.5 Å². The second kappa shape index (κ2) is 4.82. The van der Waals surface area contributed by atoms with E-state index in [1.54, 1.807) is 4.90 Å². The molecule has 1 atom stereocenters. The molecule has 3 nitrogen and oxygen atoms in total. The minimum Gasteiger partial charge on any atom is -0.391 e. The van der Waals surface area contributed by atoms with Crippen LogP contribution < -0.4 is 0 Å². The van der Waals surface area contributed by atoms with Crippen molar-refractivity contribution in [3.05, 3.63) is 35.9 Å². The van der Waals surface area contributed by atoms with Crippen LogP contribution in [0.2, 0.25) is 0 Å². The van der Waals surface area contributed by atoms with Crippen LogP contribution in [0.1, 0.15) is 12.0 Å². The number of amides is 1. The van der Waals surface area contributed by atoms with Gasteiger partial charge in [0.2, 0.25) is 0 Å². The van der Waals surface area contributed by atoms with Gasteiger partial charge in [0.05, 0.1) is 6.10 Å². The number of rotatable bonds is 0. The van der Waals surface area contributed by atoms with Crippen molar-refractivity contribution in [1.82, 2.24) is 4.90 Å². The average molecular weight is 215 g/mol. The monoisotopic (exact) mass is 215 g/mol. The first-order chi connectivity index (χ1) is 7.75. The molecule has 0 spiro atoms. The molecule has 16 heavy (non-hydrogen) atoms. The molecular formula is C13H13NO2. The SMILES string of the molecule is O=C(C#Cc1ccccc1)N1CC[C@@H](O)C1. The third kappa shape index (κ3) is 2.62. The maximum atomic E-state index is 11.6. The molecule has 0 unspecified atom stereocenters. The minimum atomic E-state index is -0.387. The lowest BCUT2D eigenvalue weighted by molar-refractivity contribution is -0.124. The number of benzene rings is 1. The molecular weight excluding hydrogens is 202 g/mol. The van der Waals surface area contributed by atoms with Gasteiger partial charge in [0.1, 0.15) is 0 Å². The first-order valence-corrected chi connectivity index (χ1v) is 5.30. The standard InChI is InChI=1S/C13H13NO2/c15-12-8-9-14(10-12)13(16)7-6-11-4-2-1-3-5-11/h1-5,12,15H,8-10H2/t12-/m1/s1. The van der Waals surface area contributed by atoms with Gasteiger partial charge in [-0.15, -0.1) is 0 Å². The molecule has 0 radical (unpaired) electrons. The van der Waals surface area contributed by atoms with Gasteiger partial charge in [-0.3, -0.25) is 4.79 Å². The van der Waals surface area contributed by atoms with Crippen molar-refractivity contribution in [2.75, 3.05) is 13.1 Å². The molecule has 1 amide bonds. The van der Waals surface area contributed by atoms with Gasteiger partial charge in [-0.2, -0.15) is 0 Å². The summed E-state index contributed by atoms with van der Waals surface area (Å²) in [6.07, 6.45) is 0.265. The molecule has 1 aromatic carbocycles. The van der Waals surface area contributed by atoms with Gasteiger partial charge >= 0.3 is 0 Å². The van der Waals surface area contributed by atoms with E-state index < -0.39 is 0 Å². The lowest BCUT2D eigenvalue weighted by Crippen LogP contribution is -2.28. The van der Waals surface area contributed by atoms with Crippen LogP contribution in [0, 0.1) is 11.8 Å². The number of β-amino-alcohol motifs (C(OH)–C–C–N with tert-alkyl or cyclic N) is 1. The van der Waals surface area contributed by atoms with Crippen LogP contribution in [0.15, 0.2) is 30.3 Å². The summed E-state index contributed by atoms with van der Waals surface area (Å²) in [5.41, 5.74) is 0.829. The Morgan fingerprint density at radius 1 is 1.38 bits per heavy atom. The smallest absolute Gasteiger partial charge is 0.298 e. The molecule has 1 aliphatic rings. The average Bonchev–Trinajstić information content (AvgIpc) is 2.74. The van der Waals surface area contributed by atoms with E-state index in [1.807, 2.05) is 30.3 Å². The fourth-order valence-corrected chi connectivity index (χ4v) is 1.65. The first-order valence-electron chi connectivity index (χ1n) is 5.30. The van der Waals surface area contributed by atoms with Crippen LogP contribution in [0.3, 0.4) is 0 Å². The second-order valence-electron chi connectivity index (χ2n) is 3.81. The maximum Gasteiger partial charge on any atom is 0.298 e. The van der Waals surface area contributed by atoms with E-state index in [4.69, 9.17) is 0 Å². The second-order valence-corrected chi connectivity index (χ2v) is 3.81. The Labute approximate surface area is 94.7 Å². The van der Waals surface area contributed by atoms with Crippen molar-refractivity contribution in [3.8, 4) is 11.8 Å². The van der Waals surface area contributed by atoms with E-state index in [1.165, 1.54) is 0 Å². The van der Waals surface area contributed by atoms with E-state index >= 15 is 0 Å². The van der Waals surface area contributed by atoms with Gasteiger partial charge in [-0.25, -0.2) is 0 Å². The molecule has 1 aromatic rings. The van der Waals surface area contributed by atoms with Gasteiger partial charge in [0.25, 0.3) is 5.91 Å². The first kappa shape index (κ1) is 10.7. The molecule has 0 saturated carbocycles. The van der Waals surface area contributed by atoms with Crippen LogP contribution in [0.5, 0.6) is 0 Å². The summed E-state index contributed by atoms with van der Waals surface area (Å²) in [6.45, 7) is 1.01.